The molecule has 1 amide bonds. The first kappa shape index (κ1) is 16.6. The zero-order valence-corrected chi connectivity index (χ0v) is 14.9. The third-order valence-corrected chi connectivity index (χ3v) is 4.71. The smallest absolute Gasteiger partial charge is 0.223 e. The van der Waals surface area contributed by atoms with Crippen molar-refractivity contribution in [3.05, 3.63) is 54.1 Å². The fourth-order valence-electron chi connectivity index (χ4n) is 3.51. The summed E-state index contributed by atoms with van der Waals surface area (Å²) in [4.78, 5) is 13.9. The standard InChI is InChI=1S/C21H25NO2/c1-15(23)22-13-12-19(21(2,3)4)18-14-17(10-11-20(18)22)24-16-8-6-5-7-9-16/h5-11,14,19H,12-13H2,1-4H3. The first-order chi connectivity index (χ1) is 11.4. The number of hydrogen-bond acceptors (Lipinski definition) is 2. The average molecular weight is 323 g/mol. The van der Waals surface area contributed by atoms with E-state index >= 15 is 0 Å². The molecule has 0 saturated carbocycles. The summed E-state index contributed by atoms with van der Waals surface area (Å²) in [6, 6.07) is 15.9. The first-order valence-corrected chi connectivity index (χ1v) is 8.51. The highest BCUT2D eigenvalue weighted by atomic mass is 16.5. The summed E-state index contributed by atoms with van der Waals surface area (Å²) in [5.41, 5.74) is 2.37. The number of hydrogen-bond donors (Lipinski definition) is 0. The van der Waals surface area contributed by atoms with E-state index in [-0.39, 0.29) is 11.3 Å². The largest absolute Gasteiger partial charge is 0.457 e. The molecule has 0 bridgehead atoms. The van der Waals surface area contributed by atoms with Crippen LogP contribution in [-0.4, -0.2) is 12.5 Å². The average Bonchev–Trinajstić information content (AvgIpc) is 2.53. The monoisotopic (exact) mass is 323 g/mol. The molecular formula is C21H25NO2. The van der Waals surface area contributed by atoms with Crippen LogP contribution in [0.25, 0.3) is 0 Å². The number of amides is 1. The maximum Gasteiger partial charge on any atom is 0.223 e. The lowest BCUT2D eigenvalue weighted by atomic mass is 9.72. The zero-order valence-electron chi connectivity index (χ0n) is 14.9. The molecule has 0 fully saturated rings. The van der Waals surface area contributed by atoms with Crippen molar-refractivity contribution in [3.63, 3.8) is 0 Å². The Morgan fingerprint density at radius 2 is 1.79 bits per heavy atom. The Labute approximate surface area is 144 Å². The van der Waals surface area contributed by atoms with Gasteiger partial charge in [-0.1, -0.05) is 39.0 Å². The molecule has 126 valence electrons. The van der Waals surface area contributed by atoms with Crippen LogP contribution in [0.3, 0.4) is 0 Å². The molecule has 0 saturated heterocycles. The summed E-state index contributed by atoms with van der Waals surface area (Å²) >= 11 is 0. The van der Waals surface area contributed by atoms with Crippen molar-refractivity contribution < 1.29 is 9.53 Å². The van der Waals surface area contributed by atoms with Gasteiger partial charge in [0.05, 0.1) is 0 Å². The molecule has 0 N–H and O–H groups in total. The molecule has 24 heavy (non-hydrogen) atoms. The Kier molecular flexibility index (Phi) is 4.35. The number of rotatable bonds is 2. The lowest BCUT2D eigenvalue weighted by Gasteiger charge is -2.40. The number of benzene rings is 2. The van der Waals surface area contributed by atoms with Gasteiger partial charge in [0, 0.05) is 19.2 Å². The van der Waals surface area contributed by atoms with E-state index in [1.807, 2.05) is 47.4 Å². The van der Waals surface area contributed by atoms with E-state index < -0.39 is 0 Å². The van der Waals surface area contributed by atoms with Crippen molar-refractivity contribution in [2.24, 2.45) is 5.41 Å². The van der Waals surface area contributed by atoms with Gasteiger partial charge in [0.2, 0.25) is 5.91 Å². The number of carbonyl (C=O) groups excluding carboxylic acids is 1. The van der Waals surface area contributed by atoms with Gasteiger partial charge in [0.1, 0.15) is 11.5 Å². The molecule has 1 atom stereocenters. The van der Waals surface area contributed by atoms with E-state index in [2.05, 4.69) is 26.8 Å². The van der Waals surface area contributed by atoms with Crippen LogP contribution >= 0.6 is 0 Å². The van der Waals surface area contributed by atoms with Crippen LogP contribution in [0.1, 0.15) is 45.6 Å². The van der Waals surface area contributed by atoms with Crippen LogP contribution in [0.5, 0.6) is 11.5 Å². The molecule has 0 radical (unpaired) electrons. The normalized spacial score (nSPS) is 17.3. The summed E-state index contributed by atoms with van der Waals surface area (Å²) < 4.78 is 6.00. The highest BCUT2D eigenvalue weighted by Crippen LogP contribution is 2.46. The lowest BCUT2D eigenvalue weighted by Crippen LogP contribution is -2.37. The maximum atomic E-state index is 12.0. The van der Waals surface area contributed by atoms with Crippen LogP contribution in [0, 0.1) is 5.41 Å². The van der Waals surface area contributed by atoms with Crippen molar-refractivity contribution in [1.82, 2.24) is 0 Å². The molecular weight excluding hydrogens is 298 g/mol. The summed E-state index contributed by atoms with van der Waals surface area (Å²) in [6.07, 6.45) is 0.977. The van der Waals surface area contributed by atoms with Gasteiger partial charge in [-0.25, -0.2) is 0 Å². The van der Waals surface area contributed by atoms with Gasteiger partial charge < -0.3 is 9.64 Å². The second kappa shape index (κ2) is 6.31. The number of nitrogens with zero attached hydrogens (tertiary/aromatic N) is 1. The second-order valence-corrected chi connectivity index (χ2v) is 7.51. The minimum absolute atomic E-state index is 0.0975. The molecule has 3 nitrogen and oxygen atoms in total. The summed E-state index contributed by atoms with van der Waals surface area (Å²) in [5, 5.41) is 0. The van der Waals surface area contributed by atoms with Crippen molar-refractivity contribution in [2.45, 2.75) is 40.0 Å². The number of carbonyl (C=O) groups is 1. The van der Waals surface area contributed by atoms with Crippen LogP contribution in [0.4, 0.5) is 5.69 Å². The Morgan fingerprint density at radius 3 is 2.42 bits per heavy atom. The summed E-state index contributed by atoms with van der Waals surface area (Å²) in [5.74, 6) is 2.14. The molecule has 2 aromatic rings. The van der Waals surface area contributed by atoms with Gasteiger partial charge in [0.15, 0.2) is 0 Å². The number of anilines is 1. The molecule has 1 unspecified atom stereocenters. The lowest BCUT2D eigenvalue weighted by molar-refractivity contribution is -0.116. The molecule has 3 rings (SSSR count). The Hall–Kier alpha value is -2.29. The third-order valence-electron chi connectivity index (χ3n) is 4.71. The molecule has 1 aliphatic rings. The quantitative estimate of drug-likeness (QED) is 0.744. The van der Waals surface area contributed by atoms with E-state index in [0.29, 0.717) is 5.92 Å². The molecule has 0 aliphatic carbocycles. The molecule has 2 aromatic carbocycles. The van der Waals surface area contributed by atoms with Crippen molar-refractivity contribution in [1.29, 1.82) is 0 Å². The zero-order chi connectivity index (χ0) is 17.3. The topological polar surface area (TPSA) is 29.5 Å². The first-order valence-electron chi connectivity index (χ1n) is 8.51. The molecule has 3 heteroatoms. The second-order valence-electron chi connectivity index (χ2n) is 7.51. The highest BCUT2D eigenvalue weighted by Gasteiger charge is 2.34. The number of fused-ring (bicyclic) bond motifs is 1. The van der Waals surface area contributed by atoms with Crippen LogP contribution in [0.2, 0.25) is 0 Å². The molecule has 0 aromatic heterocycles. The van der Waals surface area contributed by atoms with E-state index in [4.69, 9.17) is 4.74 Å². The van der Waals surface area contributed by atoms with Crippen LogP contribution < -0.4 is 9.64 Å². The van der Waals surface area contributed by atoms with E-state index in [0.717, 1.165) is 30.2 Å². The SMILES string of the molecule is CC(=O)N1CCC(C(C)(C)C)c2cc(Oc3ccccc3)ccc21. The molecule has 1 heterocycles. The van der Waals surface area contributed by atoms with Crippen molar-refractivity contribution >= 4 is 11.6 Å². The Morgan fingerprint density at radius 1 is 1.08 bits per heavy atom. The van der Waals surface area contributed by atoms with Crippen LogP contribution in [-0.2, 0) is 4.79 Å². The van der Waals surface area contributed by atoms with Crippen LogP contribution in [0.15, 0.2) is 48.5 Å². The van der Waals surface area contributed by atoms with Gasteiger partial charge in [-0.05, 0) is 53.6 Å². The van der Waals surface area contributed by atoms with Gasteiger partial charge in [-0.2, -0.15) is 0 Å². The van der Waals surface area contributed by atoms with Crippen molar-refractivity contribution in [2.75, 3.05) is 11.4 Å². The van der Waals surface area contributed by atoms with Gasteiger partial charge in [-0.3, -0.25) is 4.79 Å². The third kappa shape index (κ3) is 3.30. The fourth-order valence-corrected chi connectivity index (χ4v) is 3.51. The predicted molar refractivity (Wildman–Crippen MR) is 97.8 cm³/mol. The minimum atomic E-state index is 0.0975. The predicted octanol–water partition coefficient (Wildman–Crippen LogP) is 5.37. The van der Waals surface area contributed by atoms with Gasteiger partial charge >= 0.3 is 0 Å². The molecule has 0 spiro atoms. The van der Waals surface area contributed by atoms with E-state index in [1.54, 1.807) is 6.92 Å². The van der Waals surface area contributed by atoms with Gasteiger partial charge in [0.25, 0.3) is 0 Å². The minimum Gasteiger partial charge on any atom is -0.457 e. The number of ether oxygens (including phenoxy) is 1. The highest BCUT2D eigenvalue weighted by molar-refractivity contribution is 5.93. The van der Waals surface area contributed by atoms with E-state index in [1.165, 1.54) is 5.56 Å². The number of para-hydroxylation sites is 1. The fraction of sp³-hybridized carbons (Fsp3) is 0.381. The van der Waals surface area contributed by atoms with Gasteiger partial charge in [-0.15, -0.1) is 0 Å². The van der Waals surface area contributed by atoms with E-state index in [9.17, 15) is 4.79 Å². The maximum absolute atomic E-state index is 12.0. The summed E-state index contributed by atoms with van der Waals surface area (Å²) in [6.45, 7) is 9.19. The molecule has 1 aliphatic heterocycles. The van der Waals surface area contributed by atoms with Crippen molar-refractivity contribution in [3.8, 4) is 11.5 Å². The summed E-state index contributed by atoms with van der Waals surface area (Å²) in [7, 11) is 0. The Bertz CT molecular complexity index is 731. The Balaban J connectivity index is 2.01.